The molecule has 27 heavy (non-hydrogen) atoms. The van der Waals surface area contributed by atoms with Gasteiger partial charge in [0, 0.05) is 15.1 Å². The largest absolute Gasteiger partial charge is 0.492 e. The van der Waals surface area contributed by atoms with E-state index in [0.29, 0.717) is 10.8 Å². The number of ether oxygens (including phenoxy) is 1. The maximum Gasteiger partial charge on any atom is 0.240 e. The highest BCUT2D eigenvalue weighted by Gasteiger charge is 2.21. The number of halogens is 3. The van der Waals surface area contributed by atoms with Crippen LogP contribution < -0.4 is 14.4 Å². The second-order valence-electron chi connectivity index (χ2n) is 5.55. The van der Waals surface area contributed by atoms with Crippen LogP contribution in [-0.4, -0.2) is 40.3 Å². The first-order valence-electron chi connectivity index (χ1n) is 7.74. The minimum Gasteiger partial charge on any atom is -0.492 e. The van der Waals surface area contributed by atoms with Crippen molar-refractivity contribution in [2.75, 3.05) is 30.3 Å². The summed E-state index contributed by atoms with van der Waals surface area (Å²) in [6.45, 7) is 0.0149. The van der Waals surface area contributed by atoms with Crippen LogP contribution >= 0.6 is 34.8 Å². The fourth-order valence-corrected chi connectivity index (χ4v) is 3.64. The number of amides is 1. The van der Waals surface area contributed by atoms with Gasteiger partial charge in [-0.05, 0) is 42.5 Å². The first-order chi connectivity index (χ1) is 12.6. The number of nitrogens with zero attached hydrogens (tertiary/aromatic N) is 1. The van der Waals surface area contributed by atoms with E-state index in [-0.39, 0.29) is 28.9 Å². The van der Waals surface area contributed by atoms with Gasteiger partial charge in [0.25, 0.3) is 0 Å². The lowest BCUT2D eigenvalue weighted by Gasteiger charge is -2.22. The molecular formula is C17H17Cl3N2O4S. The summed E-state index contributed by atoms with van der Waals surface area (Å²) in [5.74, 6) is 0.121. The SMILES string of the molecule is CS(=O)(=O)N(CC(=O)NCCOc1ccc(Cl)cc1)c1cc(Cl)cc(Cl)c1. The van der Waals surface area contributed by atoms with Gasteiger partial charge in [0.05, 0.1) is 18.5 Å². The quantitative estimate of drug-likeness (QED) is 0.622. The molecule has 0 aliphatic carbocycles. The molecule has 0 aliphatic rings. The number of carbonyl (C=O) groups excluding carboxylic acids is 1. The standard InChI is InChI=1S/C17H17Cl3N2O4S/c1-27(24,25)22(15-9-13(19)8-14(20)10-15)11-17(23)21-6-7-26-16-4-2-12(18)3-5-16/h2-5,8-10H,6-7,11H2,1H3,(H,21,23). The van der Waals surface area contributed by atoms with Gasteiger partial charge in [-0.15, -0.1) is 0 Å². The third-order valence-corrected chi connectivity index (χ3v) is 5.16. The Labute approximate surface area is 173 Å². The number of nitrogens with one attached hydrogen (secondary N) is 1. The summed E-state index contributed by atoms with van der Waals surface area (Å²) in [7, 11) is -3.71. The van der Waals surface area contributed by atoms with Crippen molar-refractivity contribution in [2.24, 2.45) is 0 Å². The van der Waals surface area contributed by atoms with Crippen LogP contribution in [0.1, 0.15) is 0 Å². The van der Waals surface area contributed by atoms with Gasteiger partial charge >= 0.3 is 0 Å². The number of benzene rings is 2. The van der Waals surface area contributed by atoms with Crippen LogP contribution in [-0.2, 0) is 14.8 Å². The van der Waals surface area contributed by atoms with E-state index in [1.165, 1.54) is 18.2 Å². The molecule has 1 N–H and O–H groups in total. The molecule has 0 bridgehead atoms. The second kappa shape index (κ2) is 9.50. The van der Waals surface area contributed by atoms with Gasteiger partial charge in [-0.3, -0.25) is 9.10 Å². The highest BCUT2D eigenvalue weighted by atomic mass is 35.5. The first-order valence-corrected chi connectivity index (χ1v) is 10.7. The Kier molecular flexibility index (Phi) is 7.61. The molecule has 146 valence electrons. The van der Waals surface area contributed by atoms with Crippen LogP contribution in [0, 0.1) is 0 Å². The maximum atomic E-state index is 12.1. The Morgan fingerprint density at radius 1 is 1.04 bits per heavy atom. The van der Waals surface area contributed by atoms with E-state index in [9.17, 15) is 13.2 Å². The molecule has 0 aliphatic heterocycles. The minimum atomic E-state index is -3.71. The Morgan fingerprint density at radius 3 is 2.19 bits per heavy atom. The first kappa shape index (κ1) is 21.6. The van der Waals surface area contributed by atoms with Gasteiger partial charge in [-0.2, -0.15) is 0 Å². The van der Waals surface area contributed by atoms with Gasteiger partial charge in [-0.1, -0.05) is 34.8 Å². The highest BCUT2D eigenvalue weighted by molar-refractivity contribution is 7.92. The molecule has 2 aromatic carbocycles. The number of anilines is 1. The maximum absolute atomic E-state index is 12.1. The van der Waals surface area contributed by atoms with Crippen molar-refractivity contribution >= 4 is 56.4 Å². The minimum absolute atomic E-state index is 0.204. The van der Waals surface area contributed by atoms with E-state index < -0.39 is 22.5 Å². The summed E-state index contributed by atoms with van der Waals surface area (Å²) >= 11 is 17.6. The van der Waals surface area contributed by atoms with E-state index in [1.54, 1.807) is 24.3 Å². The number of hydrogen-bond donors (Lipinski definition) is 1. The summed E-state index contributed by atoms with van der Waals surface area (Å²) in [5.41, 5.74) is 0.211. The third-order valence-electron chi connectivity index (χ3n) is 3.33. The topological polar surface area (TPSA) is 75.7 Å². The summed E-state index contributed by atoms with van der Waals surface area (Å²) in [4.78, 5) is 12.1. The van der Waals surface area contributed by atoms with E-state index in [2.05, 4.69) is 5.32 Å². The summed E-state index contributed by atoms with van der Waals surface area (Å²) in [6.07, 6.45) is 0.999. The normalized spacial score (nSPS) is 11.1. The smallest absolute Gasteiger partial charge is 0.240 e. The second-order valence-corrected chi connectivity index (χ2v) is 8.77. The van der Waals surface area contributed by atoms with Crippen LogP contribution in [0.15, 0.2) is 42.5 Å². The molecule has 0 unspecified atom stereocenters. The van der Waals surface area contributed by atoms with Crippen LogP contribution in [0.5, 0.6) is 5.75 Å². The fraction of sp³-hybridized carbons (Fsp3) is 0.235. The van der Waals surface area contributed by atoms with Gasteiger partial charge in [-0.25, -0.2) is 8.42 Å². The summed E-state index contributed by atoms with van der Waals surface area (Å²) in [6, 6.07) is 11.1. The molecule has 0 aromatic heterocycles. The molecule has 1 amide bonds. The van der Waals surface area contributed by atoms with Gasteiger partial charge in [0.15, 0.2) is 0 Å². The fourth-order valence-electron chi connectivity index (χ4n) is 2.16. The van der Waals surface area contributed by atoms with Crippen molar-refractivity contribution in [3.63, 3.8) is 0 Å². The molecule has 0 saturated heterocycles. The number of carbonyl (C=O) groups is 1. The monoisotopic (exact) mass is 450 g/mol. The van der Waals surface area contributed by atoms with E-state index >= 15 is 0 Å². The summed E-state index contributed by atoms with van der Waals surface area (Å²) in [5, 5.41) is 3.73. The zero-order chi connectivity index (χ0) is 20.0. The van der Waals surface area contributed by atoms with Crippen molar-refractivity contribution in [1.82, 2.24) is 5.32 Å². The third kappa shape index (κ3) is 7.10. The molecule has 0 spiro atoms. The molecule has 0 fully saturated rings. The Balaban J connectivity index is 1.93. The van der Waals surface area contributed by atoms with Gasteiger partial charge < -0.3 is 10.1 Å². The zero-order valence-corrected chi connectivity index (χ0v) is 17.4. The van der Waals surface area contributed by atoms with E-state index in [4.69, 9.17) is 39.5 Å². The number of rotatable bonds is 8. The van der Waals surface area contributed by atoms with Crippen LogP contribution in [0.3, 0.4) is 0 Å². The number of hydrogen-bond acceptors (Lipinski definition) is 4. The molecule has 0 saturated carbocycles. The van der Waals surface area contributed by atoms with Crippen molar-refractivity contribution < 1.29 is 17.9 Å². The van der Waals surface area contributed by atoms with E-state index in [0.717, 1.165) is 10.6 Å². The van der Waals surface area contributed by atoms with Crippen LogP contribution in [0.4, 0.5) is 5.69 Å². The highest BCUT2D eigenvalue weighted by Crippen LogP contribution is 2.26. The molecule has 6 nitrogen and oxygen atoms in total. The van der Waals surface area contributed by atoms with Gasteiger partial charge in [0.2, 0.25) is 15.9 Å². The molecule has 2 aromatic rings. The summed E-state index contributed by atoms with van der Waals surface area (Å²) < 4.78 is 30.5. The average Bonchev–Trinajstić information content (AvgIpc) is 2.56. The molecule has 2 rings (SSSR count). The lowest BCUT2D eigenvalue weighted by atomic mass is 10.3. The zero-order valence-electron chi connectivity index (χ0n) is 14.3. The Bertz CT molecular complexity index is 885. The Morgan fingerprint density at radius 2 is 1.63 bits per heavy atom. The number of sulfonamides is 1. The lowest BCUT2D eigenvalue weighted by molar-refractivity contribution is -0.119. The lowest BCUT2D eigenvalue weighted by Crippen LogP contribution is -2.41. The van der Waals surface area contributed by atoms with E-state index in [1.807, 2.05) is 0 Å². The van der Waals surface area contributed by atoms with Crippen molar-refractivity contribution in [2.45, 2.75) is 0 Å². The van der Waals surface area contributed by atoms with Crippen LogP contribution in [0.2, 0.25) is 15.1 Å². The van der Waals surface area contributed by atoms with Crippen LogP contribution in [0.25, 0.3) is 0 Å². The Hall–Kier alpha value is -1.67. The molecule has 10 heteroatoms. The molecular weight excluding hydrogens is 435 g/mol. The predicted octanol–water partition coefficient (Wildman–Crippen LogP) is 3.61. The molecule has 0 radical (unpaired) electrons. The predicted molar refractivity (Wildman–Crippen MR) is 109 cm³/mol. The van der Waals surface area contributed by atoms with Crippen molar-refractivity contribution in [3.8, 4) is 5.75 Å². The van der Waals surface area contributed by atoms with Crippen molar-refractivity contribution in [3.05, 3.63) is 57.5 Å². The van der Waals surface area contributed by atoms with Crippen molar-refractivity contribution in [1.29, 1.82) is 0 Å². The molecule has 0 atom stereocenters. The van der Waals surface area contributed by atoms with Gasteiger partial charge in [0.1, 0.15) is 18.9 Å². The molecule has 0 heterocycles. The average molecular weight is 452 g/mol.